The second kappa shape index (κ2) is 12.3. The second-order valence-electron chi connectivity index (χ2n) is 8.55. The molecule has 4 rings (SSSR count). The lowest BCUT2D eigenvalue weighted by Gasteiger charge is -2.37. The van der Waals surface area contributed by atoms with Gasteiger partial charge in [-0.25, -0.2) is 18.4 Å². The van der Waals surface area contributed by atoms with Crippen LogP contribution in [-0.4, -0.2) is 49.9 Å². The Bertz CT molecular complexity index is 1270. The highest BCUT2D eigenvalue weighted by Gasteiger charge is 2.39. The van der Waals surface area contributed by atoms with Crippen LogP contribution in [0.25, 0.3) is 6.08 Å². The lowest BCUT2D eigenvalue weighted by atomic mass is 9.90. The van der Waals surface area contributed by atoms with E-state index in [-0.39, 0.29) is 28.4 Å². The molecule has 2 aromatic carbocycles. The highest BCUT2D eigenvalue weighted by Crippen LogP contribution is 2.37. The van der Waals surface area contributed by atoms with Crippen molar-refractivity contribution >= 4 is 17.8 Å². The molecule has 0 radical (unpaired) electrons. The predicted octanol–water partition coefficient (Wildman–Crippen LogP) is 4.45. The van der Waals surface area contributed by atoms with Gasteiger partial charge in [0, 0.05) is 10.8 Å². The van der Waals surface area contributed by atoms with Crippen molar-refractivity contribution in [1.82, 2.24) is 14.8 Å². The molecular formula is C27H26F2N4O3S. The molecule has 1 N–H and O–H groups in total. The Balaban J connectivity index is 1.33. The molecule has 1 aromatic heterocycles. The lowest BCUT2D eigenvalue weighted by molar-refractivity contribution is -0.146. The van der Waals surface area contributed by atoms with Crippen LogP contribution >= 0.6 is 11.8 Å². The van der Waals surface area contributed by atoms with Gasteiger partial charge < -0.3 is 14.6 Å². The van der Waals surface area contributed by atoms with E-state index >= 15 is 0 Å². The number of hydrogen-bond donors (Lipinski definition) is 1. The maximum Gasteiger partial charge on any atom is 0.177 e. The van der Waals surface area contributed by atoms with Gasteiger partial charge in [0.1, 0.15) is 29.9 Å². The van der Waals surface area contributed by atoms with E-state index in [9.17, 15) is 13.9 Å². The summed E-state index contributed by atoms with van der Waals surface area (Å²) < 4.78 is 40.6. The van der Waals surface area contributed by atoms with E-state index in [4.69, 9.17) is 14.7 Å². The van der Waals surface area contributed by atoms with Crippen LogP contribution in [0.3, 0.4) is 0 Å². The zero-order valence-corrected chi connectivity index (χ0v) is 20.9. The molecule has 2 atom stereocenters. The van der Waals surface area contributed by atoms with Gasteiger partial charge in [0.2, 0.25) is 0 Å². The molecule has 3 aromatic rings. The SMILES string of the molecule is C[C@@H](S[C@H]1CO[C@H](C=CC=Cc2ccc(C#N)cc2F)OC1)[C@](O)(Cn1cncn1)c1ccc(F)cc1. The molecule has 7 nitrogen and oxygen atoms in total. The van der Waals surface area contributed by atoms with E-state index in [2.05, 4.69) is 10.1 Å². The van der Waals surface area contributed by atoms with E-state index in [0.717, 1.165) is 0 Å². The van der Waals surface area contributed by atoms with Crippen molar-refractivity contribution in [3.63, 3.8) is 0 Å². The van der Waals surface area contributed by atoms with Crippen molar-refractivity contribution < 1.29 is 23.4 Å². The van der Waals surface area contributed by atoms with Crippen LogP contribution in [0.15, 0.2) is 73.3 Å². The molecule has 1 aliphatic rings. The van der Waals surface area contributed by atoms with Crippen LogP contribution in [0.5, 0.6) is 0 Å². The number of aromatic nitrogens is 3. The number of allylic oxidation sites excluding steroid dienone is 2. The number of benzene rings is 2. The third-order valence-corrected chi connectivity index (χ3v) is 7.42. The van der Waals surface area contributed by atoms with Gasteiger partial charge in [-0.1, -0.05) is 43.4 Å². The Kier molecular flexibility index (Phi) is 8.84. The summed E-state index contributed by atoms with van der Waals surface area (Å²) in [7, 11) is 0. The minimum Gasteiger partial charge on any atom is -0.382 e. The number of thioether (sulfide) groups is 1. The van der Waals surface area contributed by atoms with Gasteiger partial charge in [-0.05, 0) is 35.9 Å². The number of nitriles is 1. The number of ether oxygens (including phenoxy) is 2. The topological polar surface area (TPSA) is 93.2 Å². The number of rotatable bonds is 9. The van der Waals surface area contributed by atoms with Crippen LogP contribution in [0.2, 0.25) is 0 Å². The molecule has 1 aliphatic heterocycles. The van der Waals surface area contributed by atoms with Gasteiger partial charge in [0.25, 0.3) is 0 Å². The van der Waals surface area contributed by atoms with E-state index in [0.29, 0.717) is 24.3 Å². The second-order valence-corrected chi connectivity index (χ2v) is 10.2. The smallest absolute Gasteiger partial charge is 0.177 e. The first kappa shape index (κ1) is 26.7. The van der Waals surface area contributed by atoms with Gasteiger partial charge in [0.15, 0.2) is 6.29 Å². The maximum atomic E-state index is 14.0. The maximum absolute atomic E-state index is 14.0. The monoisotopic (exact) mass is 524 g/mol. The van der Waals surface area contributed by atoms with Crippen LogP contribution < -0.4 is 0 Å². The summed E-state index contributed by atoms with van der Waals surface area (Å²) in [6, 6.07) is 12.0. The number of hydrogen-bond acceptors (Lipinski definition) is 7. The van der Waals surface area contributed by atoms with Gasteiger partial charge in [-0.15, -0.1) is 11.8 Å². The van der Waals surface area contributed by atoms with Crippen molar-refractivity contribution in [2.45, 2.75) is 35.9 Å². The van der Waals surface area contributed by atoms with Crippen molar-refractivity contribution in [2.24, 2.45) is 0 Å². The van der Waals surface area contributed by atoms with E-state index in [1.54, 1.807) is 53.3 Å². The van der Waals surface area contributed by atoms with Gasteiger partial charge in [-0.2, -0.15) is 10.4 Å². The van der Waals surface area contributed by atoms with Crippen molar-refractivity contribution in [3.8, 4) is 6.07 Å². The first-order chi connectivity index (χ1) is 17.9. The Hall–Kier alpha value is -3.36. The molecule has 0 saturated carbocycles. The summed E-state index contributed by atoms with van der Waals surface area (Å²) in [4.78, 5) is 3.95. The molecule has 0 bridgehead atoms. The minimum atomic E-state index is -1.34. The van der Waals surface area contributed by atoms with Crippen LogP contribution in [0.1, 0.15) is 23.6 Å². The highest BCUT2D eigenvalue weighted by atomic mass is 32.2. The number of nitrogens with zero attached hydrogens (tertiary/aromatic N) is 4. The zero-order valence-electron chi connectivity index (χ0n) is 20.1. The Morgan fingerprint density at radius 3 is 2.62 bits per heavy atom. The molecule has 2 heterocycles. The number of halogens is 2. The summed E-state index contributed by atoms with van der Waals surface area (Å²) in [5.74, 6) is -0.843. The van der Waals surface area contributed by atoms with E-state index in [1.165, 1.54) is 42.6 Å². The van der Waals surface area contributed by atoms with Crippen LogP contribution in [0.4, 0.5) is 8.78 Å². The summed E-state index contributed by atoms with van der Waals surface area (Å²) in [6.45, 7) is 2.87. The summed E-state index contributed by atoms with van der Waals surface area (Å²) in [5, 5.41) is 24.3. The largest absolute Gasteiger partial charge is 0.382 e. The van der Waals surface area contributed by atoms with E-state index in [1.807, 2.05) is 13.0 Å². The van der Waals surface area contributed by atoms with Crippen LogP contribution in [0, 0.1) is 23.0 Å². The molecule has 37 heavy (non-hydrogen) atoms. The van der Waals surface area contributed by atoms with Crippen molar-refractivity contribution in [3.05, 3.63) is 102 Å². The summed E-state index contributed by atoms with van der Waals surface area (Å²) in [6.07, 6.45) is 9.09. The molecule has 10 heteroatoms. The van der Waals surface area contributed by atoms with Gasteiger partial charge in [0.05, 0.1) is 36.6 Å². The number of aliphatic hydroxyl groups is 1. The average Bonchev–Trinajstić information content (AvgIpc) is 3.41. The lowest BCUT2D eigenvalue weighted by Crippen LogP contribution is -2.43. The Morgan fingerprint density at radius 1 is 1.22 bits per heavy atom. The van der Waals surface area contributed by atoms with Gasteiger partial charge >= 0.3 is 0 Å². The minimum absolute atomic E-state index is 0.0364. The van der Waals surface area contributed by atoms with Crippen LogP contribution in [-0.2, 0) is 21.6 Å². The van der Waals surface area contributed by atoms with Crippen molar-refractivity contribution in [2.75, 3.05) is 13.2 Å². The van der Waals surface area contributed by atoms with E-state index < -0.39 is 17.7 Å². The van der Waals surface area contributed by atoms with Crippen molar-refractivity contribution in [1.29, 1.82) is 5.26 Å². The predicted molar refractivity (Wildman–Crippen MR) is 136 cm³/mol. The quantitative estimate of drug-likeness (QED) is 0.414. The molecule has 0 spiro atoms. The molecule has 1 saturated heterocycles. The zero-order chi connectivity index (χ0) is 26.3. The molecule has 192 valence electrons. The summed E-state index contributed by atoms with van der Waals surface area (Å²) >= 11 is 1.52. The summed E-state index contributed by atoms with van der Waals surface area (Å²) in [5.41, 5.74) is -0.119. The fourth-order valence-electron chi connectivity index (χ4n) is 3.89. The fourth-order valence-corrected chi connectivity index (χ4v) is 5.22. The molecule has 1 fully saturated rings. The average molecular weight is 525 g/mol. The van der Waals surface area contributed by atoms with Gasteiger partial charge in [-0.3, -0.25) is 0 Å². The highest BCUT2D eigenvalue weighted by molar-refractivity contribution is 8.00. The Morgan fingerprint density at radius 2 is 1.97 bits per heavy atom. The third kappa shape index (κ3) is 6.90. The first-order valence-electron chi connectivity index (χ1n) is 11.6. The third-order valence-electron chi connectivity index (χ3n) is 5.96. The molecule has 0 amide bonds. The Labute approximate surface area is 218 Å². The standard InChI is InChI=1S/C27H26F2N4O3S/c1-19(27(34,16-33-18-31-17-32-33)22-8-10-23(28)11-9-22)37-24-14-35-26(36-15-24)5-3-2-4-21-7-6-20(13-30)12-25(21)29/h2-12,17-19,24,26,34H,14-16H2,1H3/t19-,24-,26-,27-/m1/s1. The first-order valence-corrected chi connectivity index (χ1v) is 12.6. The molecule has 0 unspecified atom stereocenters. The molecular weight excluding hydrogens is 498 g/mol. The normalized spacial score (nSPS) is 20.6. The molecule has 0 aliphatic carbocycles. The fraction of sp³-hybridized carbons (Fsp3) is 0.296.